The highest BCUT2D eigenvalue weighted by atomic mass is 35.5. The lowest BCUT2D eigenvalue weighted by Crippen LogP contribution is -2.47. The van der Waals surface area contributed by atoms with Crippen LogP contribution in [0.25, 0.3) is 0 Å². The van der Waals surface area contributed by atoms with Gasteiger partial charge >= 0.3 is 0 Å². The summed E-state index contributed by atoms with van der Waals surface area (Å²) in [4.78, 5) is 31.9. The molecule has 1 aromatic heterocycles. The average Bonchev–Trinajstić information content (AvgIpc) is 3.37. The molecule has 1 unspecified atom stereocenters. The Kier molecular flexibility index (Phi) is 9.02. The Bertz CT molecular complexity index is 1160. The molecule has 0 bridgehead atoms. The lowest BCUT2D eigenvalue weighted by Gasteiger charge is -2.37. The van der Waals surface area contributed by atoms with Crippen molar-refractivity contribution in [1.29, 1.82) is 0 Å². The Balaban J connectivity index is 1.53. The predicted octanol–water partition coefficient (Wildman–Crippen LogP) is 4.99. The molecule has 0 radical (unpaired) electrons. The molecule has 0 saturated carbocycles. The Labute approximate surface area is 221 Å². The van der Waals surface area contributed by atoms with Crippen LogP contribution in [0.2, 0.25) is 5.02 Å². The van der Waals surface area contributed by atoms with Crippen LogP contribution in [0.5, 0.6) is 5.75 Å². The second-order valence-corrected chi connectivity index (χ2v) is 10.2. The van der Waals surface area contributed by atoms with Gasteiger partial charge in [-0.1, -0.05) is 35.9 Å². The third-order valence-corrected chi connectivity index (χ3v) is 7.69. The van der Waals surface area contributed by atoms with Crippen molar-refractivity contribution >= 4 is 34.8 Å². The van der Waals surface area contributed by atoms with Gasteiger partial charge in [0.15, 0.2) is 0 Å². The first kappa shape index (κ1) is 26.2. The Morgan fingerprint density at radius 1 is 1.08 bits per heavy atom. The molecule has 0 spiro atoms. The maximum atomic E-state index is 13.7. The molecule has 190 valence electrons. The van der Waals surface area contributed by atoms with Crippen LogP contribution >= 0.6 is 22.9 Å². The minimum absolute atomic E-state index is 0.0300. The number of carbonyl (C=O) groups excluding carboxylic acids is 2. The summed E-state index contributed by atoms with van der Waals surface area (Å²) in [5.74, 6) is 0.595. The molecule has 6 nitrogen and oxygen atoms in total. The first-order chi connectivity index (χ1) is 17.5. The number of amides is 2. The molecule has 8 heteroatoms. The SMILES string of the molecule is COCCCN(CC(=O)N1CCc2sccc2C1c1ccc(Cl)cc1)C(=O)Cc1ccc(OC)cc1. The second-order valence-electron chi connectivity index (χ2n) is 8.78. The van der Waals surface area contributed by atoms with E-state index in [0.29, 0.717) is 31.1 Å². The van der Waals surface area contributed by atoms with Gasteiger partial charge in [0.1, 0.15) is 5.75 Å². The summed E-state index contributed by atoms with van der Waals surface area (Å²) in [5, 5.41) is 2.74. The van der Waals surface area contributed by atoms with Gasteiger partial charge < -0.3 is 19.3 Å². The normalized spacial score (nSPS) is 14.9. The number of fused-ring (bicyclic) bond motifs is 1. The van der Waals surface area contributed by atoms with Crippen LogP contribution < -0.4 is 4.74 Å². The van der Waals surface area contributed by atoms with E-state index in [-0.39, 0.29) is 30.8 Å². The molecule has 0 aliphatic carbocycles. The van der Waals surface area contributed by atoms with Crippen molar-refractivity contribution < 1.29 is 19.1 Å². The second kappa shape index (κ2) is 12.4. The van der Waals surface area contributed by atoms with E-state index in [0.717, 1.165) is 28.9 Å². The van der Waals surface area contributed by atoms with E-state index in [1.54, 1.807) is 30.5 Å². The predicted molar refractivity (Wildman–Crippen MR) is 143 cm³/mol. The maximum absolute atomic E-state index is 13.7. The molecule has 2 aromatic carbocycles. The minimum atomic E-state index is -0.192. The van der Waals surface area contributed by atoms with Crippen LogP contribution in [0, 0.1) is 0 Å². The van der Waals surface area contributed by atoms with Crippen molar-refractivity contribution in [2.75, 3.05) is 40.5 Å². The molecule has 0 N–H and O–H groups in total. The molecular weight excluding hydrogens is 496 g/mol. The molecular formula is C28H31ClN2O4S. The maximum Gasteiger partial charge on any atom is 0.242 e. The van der Waals surface area contributed by atoms with Crippen LogP contribution in [0.1, 0.15) is 34.0 Å². The highest BCUT2D eigenvalue weighted by Crippen LogP contribution is 2.38. The highest BCUT2D eigenvalue weighted by molar-refractivity contribution is 7.10. The summed E-state index contributed by atoms with van der Waals surface area (Å²) < 4.78 is 10.4. The quantitative estimate of drug-likeness (QED) is 0.349. The van der Waals surface area contributed by atoms with Crippen LogP contribution in [0.4, 0.5) is 0 Å². The number of halogens is 1. The molecule has 0 fully saturated rings. The summed E-state index contributed by atoms with van der Waals surface area (Å²) in [5.41, 5.74) is 3.05. The fourth-order valence-electron chi connectivity index (χ4n) is 4.57. The van der Waals surface area contributed by atoms with E-state index < -0.39 is 0 Å². The summed E-state index contributed by atoms with van der Waals surface area (Å²) >= 11 is 7.86. The van der Waals surface area contributed by atoms with Gasteiger partial charge in [0.25, 0.3) is 0 Å². The zero-order valence-electron chi connectivity index (χ0n) is 20.6. The van der Waals surface area contributed by atoms with Crippen LogP contribution in [0.15, 0.2) is 60.0 Å². The Hall–Kier alpha value is -2.87. The van der Waals surface area contributed by atoms with Crippen LogP contribution in [0.3, 0.4) is 0 Å². The van der Waals surface area contributed by atoms with Crippen molar-refractivity contribution in [3.8, 4) is 5.75 Å². The zero-order chi connectivity index (χ0) is 25.5. The molecule has 3 aromatic rings. The summed E-state index contributed by atoms with van der Waals surface area (Å²) in [6.07, 6.45) is 1.69. The van der Waals surface area contributed by atoms with Gasteiger partial charge in [-0.05, 0) is 65.2 Å². The Morgan fingerprint density at radius 2 is 1.83 bits per heavy atom. The van der Waals surface area contributed by atoms with Crippen LogP contribution in [-0.4, -0.2) is 62.1 Å². The van der Waals surface area contributed by atoms with Gasteiger partial charge in [-0.15, -0.1) is 11.3 Å². The lowest BCUT2D eigenvalue weighted by atomic mass is 9.93. The van der Waals surface area contributed by atoms with Crippen molar-refractivity contribution in [3.63, 3.8) is 0 Å². The van der Waals surface area contributed by atoms with Gasteiger partial charge in [0, 0.05) is 36.7 Å². The molecule has 0 saturated heterocycles. The van der Waals surface area contributed by atoms with Crippen molar-refractivity contribution in [3.05, 3.63) is 86.6 Å². The molecule has 2 heterocycles. The number of rotatable bonds is 10. The van der Waals surface area contributed by atoms with E-state index in [1.807, 2.05) is 53.4 Å². The number of nitrogens with zero attached hydrogens (tertiary/aromatic N) is 2. The number of benzene rings is 2. The first-order valence-electron chi connectivity index (χ1n) is 12.0. The van der Waals surface area contributed by atoms with Crippen molar-refractivity contribution in [1.82, 2.24) is 9.80 Å². The topological polar surface area (TPSA) is 59.1 Å². The van der Waals surface area contributed by atoms with E-state index in [2.05, 4.69) is 11.4 Å². The number of methoxy groups -OCH3 is 2. The van der Waals surface area contributed by atoms with Crippen molar-refractivity contribution in [2.45, 2.75) is 25.3 Å². The van der Waals surface area contributed by atoms with Crippen LogP contribution in [-0.2, 0) is 27.2 Å². The number of thiophene rings is 1. The average molecular weight is 527 g/mol. The third-order valence-electron chi connectivity index (χ3n) is 6.44. The van der Waals surface area contributed by atoms with E-state index in [4.69, 9.17) is 21.1 Å². The van der Waals surface area contributed by atoms with Gasteiger partial charge in [0.05, 0.1) is 26.1 Å². The molecule has 1 aliphatic rings. The van der Waals surface area contributed by atoms with Gasteiger partial charge in [-0.3, -0.25) is 9.59 Å². The van der Waals surface area contributed by atoms with Gasteiger partial charge in [-0.25, -0.2) is 0 Å². The molecule has 2 amide bonds. The number of hydrogen-bond acceptors (Lipinski definition) is 5. The largest absolute Gasteiger partial charge is 0.497 e. The molecule has 1 aliphatic heterocycles. The number of ether oxygens (including phenoxy) is 2. The van der Waals surface area contributed by atoms with Gasteiger partial charge in [0.2, 0.25) is 11.8 Å². The van der Waals surface area contributed by atoms with E-state index in [9.17, 15) is 9.59 Å². The molecule has 4 rings (SSSR count). The monoisotopic (exact) mass is 526 g/mol. The number of hydrogen-bond donors (Lipinski definition) is 0. The van der Waals surface area contributed by atoms with E-state index in [1.165, 1.54) is 4.88 Å². The fourth-order valence-corrected chi connectivity index (χ4v) is 5.59. The smallest absolute Gasteiger partial charge is 0.242 e. The molecule has 1 atom stereocenters. The fraction of sp³-hybridized carbons (Fsp3) is 0.357. The highest BCUT2D eigenvalue weighted by Gasteiger charge is 2.34. The summed E-state index contributed by atoms with van der Waals surface area (Å²) in [6, 6.07) is 17.0. The summed E-state index contributed by atoms with van der Waals surface area (Å²) in [6.45, 7) is 1.62. The lowest BCUT2D eigenvalue weighted by molar-refractivity contribution is -0.141. The third kappa shape index (κ3) is 6.27. The number of carbonyl (C=O) groups is 2. The van der Waals surface area contributed by atoms with Crippen molar-refractivity contribution in [2.24, 2.45) is 0 Å². The van der Waals surface area contributed by atoms with E-state index >= 15 is 0 Å². The molecule has 36 heavy (non-hydrogen) atoms. The zero-order valence-corrected chi connectivity index (χ0v) is 22.2. The standard InChI is InChI=1S/C28H31ClN2O4S/c1-34-16-3-14-30(26(32)18-20-4-10-23(35-2)11-5-20)19-27(33)31-15-12-25-24(13-17-36-25)28(31)21-6-8-22(29)9-7-21/h4-11,13,17,28H,3,12,14-16,18-19H2,1-2H3. The summed E-state index contributed by atoms with van der Waals surface area (Å²) in [7, 11) is 3.25. The first-order valence-corrected chi connectivity index (χ1v) is 13.3. The Morgan fingerprint density at radius 3 is 2.53 bits per heavy atom. The van der Waals surface area contributed by atoms with Gasteiger partial charge in [-0.2, -0.15) is 0 Å². The minimum Gasteiger partial charge on any atom is -0.497 e.